The van der Waals surface area contributed by atoms with Crippen molar-refractivity contribution >= 4 is 16.9 Å². The molecule has 2 aromatic heterocycles. The van der Waals surface area contributed by atoms with E-state index in [9.17, 15) is 9.59 Å². The molecule has 0 radical (unpaired) electrons. The molecule has 0 aliphatic rings. The lowest BCUT2D eigenvalue weighted by Crippen LogP contribution is -2.28. The molecule has 118 valence electrons. The molecular formula is C17H18N4O2. The Kier molecular flexibility index (Phi) is 4.52. The van der Waals surface area contributed by atoms with Gasteiger partial charge in [-0.3, -0.25) is 9.59 Å². The summed E-state index contributed by atoms with van der Waals surface area (Å²) in [5.74, 6) is -0.0773. The number of amides is 1. The third-order valence-electron chi connectivity index (χ3n) is 3.62. The van der Waals surface area contributed by atoms with Crippen LogP contribution >= 0.6 is 0 Å². The van der Waals surface area contributed by atoms with E-state index in [0.29, 0.717) is 24.2 Å². The Morgan fingerprint density at radius 3 is 2.78 bits per heavy atom. The van der Waals surface area contributed by atoms with Crippen molar-refractivity contribution in [1.29, 1.82) is 0 Å². The molecule has 3 rings (SSSR count). The Morgan fingerprint density at radius 2 is 1.96 bits per heavy atom. The van der Waals surface area contributed by atoms with E-state index in [4.69, 9.17) is 0 Å². The third-order valence-corrected chi connectivity index (χ3v) is 3.62. The van der Waals surface area contributed by atoms with Gasteiger partial charge in [0.1, 0.15) is 5.69 Å². The lowest BCUT2D eigenvalue weighted by molar-refractivity contribution is -0.121. The van der Waals surface area contributed by atoms with Gasteiger partial charge in [0, 0.05) is 38.3 Å². The third kappa shape index (κ3) is 3.85. The Morgan fingerprint density at radius 1 is 1.17 bits per heavy atom. The highest BCUT2D eigenvalue weighted by molar-refractivity contribution is 5.76. The summed E-state index contributed by atoms with van der Waals surface area (Å²) < 4.78 is 2.00. The van der Waals surface area contributed by atoms with Gasteiger partial charge in [-0.05, 0) is 24.3 Å². The first-order valence-corrected chi connectivity index (χ1v) is 7.58. The van der Waals surface area contributed by atoms with Crippen molar-refractivity contribution in [2.24, 2.45) is 0 Å². The second-order valence-electron chi connectivity index (χ2n) is 5.30. The Balaban J connectivity index is 1.54. The Labute approximate surface area is 133 Å². The van der Waals surface area contributed by atoms with E-state index in [-0.39, 0.29) is 17.9 Å². The number of rotatable bonds is 6. The number of fused-ring (bicyclic) bond motifs is 1. The second-order valence-corrected chi connectivity index (χ2v) is 5.30. The van der Waals surface area contributed by atoms with Crippen LogP contribution < -0.4 is 10.9 Å². The molecule has 6 heteroatoms. The number of nitrogens with one attached hydrogen (secondary N) is 2. The first-order chi connectivity index (χ1) is 11.2. The minimum Gasteiger partial charge on any atom is -0.354 e. The molecular weight excluding hydrogens is 292 g/mol. The van der Waals surface area contributed by atoms with Gasteiger partial charge in [0.2, 0.25) is 5.91 Å². The molecule has 2 N–H and O–H groups in total. The van der Waals surface area contributed by atoms with Crippen molar-refractivity contribution in [1.82, 2.24) is 19.9 Å². The topological polar surface area (TPSA) is 79.8 Å². The van der Waals surface area contributed by atoms with Gasteiger partial charge in [0.15, 0.2) is 0 Å². The number of carbonyl (C=O) groups is 1. The largest absolute Gasteiger partial charge is 0.354 e. The average molecular weight is 310 g/mol. The summed E-state index contributed by atoms with van der Waals surface area (Å²) in [6.07, 6.45) is 4.48. The smallest absolute Gasteiger partial charge is 0.270 e. The number of aryl methyl sites for hydroxylation is 1. The predicted molar refractivity (Wildman–Crippen MR) is 88.1 cm³/mol. The van der Waals surface area contributed by atoms with E-state index in [1.165, 1.54) is 0 Å². The van der Waals surface area contributed by atoms with Gasteiger partial charge in [-0.15, -0.1) is 0 Å². The fourth-order valence-corrected chi connectivity index (χ4v) is 2.40. The minimum absolute atomic E-state index is 0.0773. The van der Waals surface area contributed by atoms with Crippen LogP contribution in [0.15, 0.2) is 53.6 Å². The van der Waals surface area contributed by atoms with Crippen LogP contribution in [0.25, 0.3) is 11.0 Å². The predicted octanol–water partition coefficient (Wildman–Crippen LogP) is 1.47. The summed E-state index contributed by atoms with van der Waals surface area (Å²) in [6.45, 7) is 1.29. The molecule has 0 saturated carbocycles. The fourth-order valence-electron chi connectivity index (χ4n) is 2.40. The number of carbonyl (C=O) groups excluding carboxylic acids is 1. The number of benzene rings is 1. The summed E-state index contributed by atoms with van der Waals surface area (Å²) in [5, 5.41) is 2.85. The molecule has 23 heavy (non-hydrogen) atoms. The summed E-state index contributed by atoms with van der Waals surface area (Å²) >= 11 is 0. The number of nitrogens with zero attached hydrogens (tertiary/aromatic N) is 2. The van der Waals surface area contributed by atoms with E-state index >= 15 is 0 Å². The minimum atomic E-state index is -0.233. The van der Waals surface area contributed by atoms with Crippen LogP contribution in [0.5, 0.6) is 0 Å². The molecule has 6 nitrogen and oxygen atoms in total. The number of H-pyrrole nitrogens is 1. The van der Waals surface area contributed by atoms with Crippen LogP contribution in [0.3, 0.4) is 0 Å². The number of aromatic nitrogens is 3. The van der Waals surface area contributed by atoms with Gasteiger partial charge in [-0.1, -0.05) is 12.1 Å². The van der Waals surface area contributed by atoms with E-state index in [1.807, 2.05) is 53.4 Å². The van der Waals surface area contributed by atoms with Crippen molar-refractivity contribution in [2.45, 2.75) is 19.4 Å². The molecule has 0 spiro atoms. The molecule has 0 aliphatic carbocycles. The maximum Gasteiger partial charge on any atom is 0.270 e. The molecule has 2 heterocycles. The number of para-hydroxylation sites is 2. The molecule has 0 aliphatic heterocycles. The fraction of sp³-hybridized carbons (Fsp3) is 0.235. The standard InChI is InChI=1S/C17H18N4O2/c22-16(18-9-12-21-10-3-4-11-21)8-7-15-17(23)20-14-6-2-1-5-13(14)19-15/h1-6,10-11H,7-9,12H2,(H,18,22)(H,20,23). The quantitative estimate of drug-likeness (QED) is 0.723. The van der Waals surface area contributed by atoms with Crippen LogP contribution in [0.1, 0.15) is 12.1 Å². The molecule has 0 saturated heterocycles. The maximum absolute atomic E-state index is 12.0. The van der Waals surface area contributed by atoms with E-state index in [0.717, 1.165) is 12.1 Å². The molecule has 0 atom stereocenters. The van der Waals surface area contributed by atoms with Crippen molar-refractivity contribution < 1.29 is 4.79 Å². The van der Waals surface area contributed by atoms with Gasteiger partial charge in [0.05, 0.1) is 11.0 Å². The summed E-state index contributed by atoms with van der Waals surface area (Å²) in [7, 11) is 0. The first kappa shape index (κ1) is 15.0. The lowest BCUT2D eigenvalue weighted by Gasteiger charge is -2.06. The summed E-state index contributed by atoms with van der Waals surface area (Å²) in [6, 6.07) is 11.2. The highest BCUT2D eigenvalue weighted by Crippen LogP contribution is 2.06. The Hall–Kier alpha value is -2.89. The van der Waals surface area contributed by atoms with Crippen LogP contribution in [0.4, 0.5) is 0 Å². The van der Waals surface area contributed by atoms with Crippen molar-refractivity contribution in [3.63, 3.8) is 0 Å². The Bertz CT molecular complexity index is 852. The lowest BCUT2D eigenvalue weighted by atomic mass is 10.2. The summed E-state index contributed by atoms with van der Waals surface area (Å²) in [5.41, 5.74) is 1.60. The number of hydrogen-bond donors (Lipinski definition) is 2. The molecule has 1 amide bonds. The molecule has 0 unspecified atom stereocenters. The highest BCUT2D eigenvalue weighted by atomic mass is 16.1. The molecule has 1 aromatic carbocycles. The number of aromatic amines is 1. The second kappa shape index (κ2) is 6.91. The van der Waals surface area contributed by atoms with Gasteiger partial charge in [0.25, 0.3) is 5.56 Å². The van der Waals surface area contributed by atoms with Crippen molar-refractivity contribution in [2.75, 3.05) is 6.54 Å². The zero-order chi connectivity index (χ0) is 16.1. The highest BCUT2D eigenvalue weighted by Gasteiger charge is 2.08. The SMILES string of the molecule is O=C(CCc1nc2ccccc2[nH]c1=O)NCCn1cccc1. The van der Waals surface area contributed by atoms with Gasteiger partial charge in [-0.25, -0.2) is 4.98 Å². The van der Waals surface area contributed by atoms with Gasteiger partial charge >= 0.3 is 0 Å². The zero-order valence-corrected chi connectivity index (χ0v) is 12.7. The van der Waals surface area contributed by atoms with Crippen LogP contribution in [0, 0.1) is 0 Å². The molecule has 0 bridgehead atoms. The van der Waals surface area contributed by atoms with E-state index in [1.54, 1.807) is 0 Å². The van der Waals surface area contributed by atoms with E-state index in [2.05, 4.69) is 15.3 Å². The van der Waals surface area contributed by atoms with Gasteiger partial charge in [-0.2, -0.15) is 0 Å². The first-order valence-electron chi connectivity index (χ1n) is 7.58. The van der Waals surface area contributed by atoms with E-state index < -0.39 is 0 Å². The average Bonchev–Trinajstić information content (AvgIpc) is 3.06. The van der Waals surface area contributed by atoms with Gasteiger partial charge < -0.3 is 14.9 Å². The van der Waals surface area contributed by atoms with Crippen LogP contribution in [0.2, 0.25) is 0 Å². The van der Waals surface area contributed by atoms with Crippen LogP contribution in [-0.4, -0.2) is 27.0 Å². The number of hydrogen-bond acceptors (Lipinski definition) is 3. The molecule has 0 fully saturated rings. The molecule has 3 aromatic rings. The monoisotopic (exact) mass is 310 g/mol. The summed E-state index contributed by atoms with van der Waals surface area (Å²) in [4.78, 5) is 31.0. The van der Waals surface area contributed by atoms with Crippen molar-refractivity contribution in [3.8, 4) is 0 Å². The van der Waals surface area contributed by atoms with Crippen molar-refractivity contribution in [3.05, 3.63) is 64.8 Å². The normalized spacial score (nSPS) is 10.8. The zero-order valence-electron chi connectivity index (χ0n) is 12.7. The van der Waals surface area contributed by atoms with Crippen LogP contribution in [-0.2, 0) is 17.8 Å². The maximum atomic E-state index is 12.0.